The highest BCUT2D eigenvalue weighted by Gasteiger charge is 2.32. The molecule has 2 nitrogen and oxygen atoms in total. The lowest BCUT2D eigenvalue weighted by Crippen LogP contribution is -2.19. The molecule has 4 aromatic rings. The third kappa shape index (κ3) is 5.35. The van der Waals surface area contributed by atoms with Gasteiger partial charge in [0.15, 0.2) is 0 Å². The second-order valence-corrected chi connectivity index (χ2v) is 12.6. The Morgan fingerprint density at radius 1 is 0.581 bits per heavy atom. The van der Waals surface area contributed by atoms with E-state index in [1.165, 1.54) is 10.0 Å². The van der Waals surface area contributed by atoms with Crippen molar-refractivity contribution in [1.82, 2.24) is 4.48 Å². The fourth-order valence-electron chi connectivity index (χ4n) is 7.33. The summed E-state index contributed by atoms with van der Waals surface area (Å²) in [5, 5.41) is 0. The van der Waals surface area contributed by atoms with E-state index in [0.717, 1.165) is 83.6 Å². The van der Waals surface area contributed by atoms with Crippen molar-refractivity contribution in [2.45, 2.75) is 76.2 Å². The van der Waals surface area contributed by atoms with E-state index in [0.29, 0.717) is 17.1 Å². The Hall–Kier alpha value is -3.99. The van der Waals surface area contributed by atoms with Crippen molar-refractivity contribution in [1.29, 1.82) is 0 Å². The van der Waals surface area contributed by atoms with Crippen LogP contribution in [-0.4, -0.2) is 17.6 Å². The molecule has 5 heteroatoms. The molecule has 0 aliphatic carbocycles. The second kappa shape index (κ2) is 11.3. The topological polar surface area (TPSA) is 17.3 Å². The zero-order valence-corrected chi connectivity index (χ0v) is 27.3. The predicted octanol–water partition coefficient (Wildman–Crippen LogP) is 10.2. The lowest BCUT2D eigenvalue weighted by molar-refractivity contribution is 0.629. The summed E-state index contributed by atoms with van der Waals surface area (Å²) in [4.78, 5) is 5.25. The first-order chi connectivity index (χ1) is 20.2. The van der Waals surface area contributed by atoms with Gasteiger partial charge in [0.2, 0.25) is 0 Å². The van der Waals surface area contributed by atoms with Gasteiger partial charge in [0.1, 0.15) is 0 Å². The van der Waals surface area contributed by atoms with Crippen molar-refractivity contribution in [3.63, 3.8) is 0 Å². The average Bonchev–Trinajstić information content (AvgIpc) is 3.40. The Kier molecular flexibility index (Phi) is 7.98. The fraction of sp³-hybridized carbons (Fsp3) is 0.289. The smallest absolute Gasteiger partial charge is 0.324 e. The standard InChI is InChI=1S/C38H41BF2N2/c1-20-12-23(4)33(24(5)13-20)36(31-18-29(10)37(42-31)34-25(6)14-21(2)15-26(34)7)32-19-30(11)38(43(32)39(40)41)35-27(8)16-22(3)17-28(35)9/h12-19H,1-11H3/b36-31+. The zero-order chi connectivity index (χ0) is 31.5. The minimum atomic E-state index is -2.74. The van der Waals surface area contributed by atoms with Gasteiger partial charge >= 0.3 is 7.40 Å². The molecule has 0 radical (unpaired) electrons. The first-order valence-electron chi connectivity index (χ1n) is 15.0. The van der Waals surface area contributed by atoms with Crippen LogP contribution in [0.4, 0.5) is 8.63 Å². The molecular formula is C38H41BF2N2. The summed E-state index contributed by atoms with van der Waals surface area (Å²) in [7, 11) is -2.74. The Balaban J connectivity index is 1.91. The number of halogens is 2. The molecule has 2 heterocycles. The molecule has 0 atom stereocenters. The first-order valence-corrected chi connectivity index (χ1v) is 15.0. The predicted molar refractivity (Wildman–Crippen MR) is 180 cm³/mol. The summed E-state index contributed by atoms with van der Waals surface area (Å²) >= 11 is 0. The van der Waals surface area contributed by atoms with E-state index in [1.807, 2.05) is 33.8 Å². The van der Waals surface area contributed by atoms with E-state index < -0.39 is 7.40 Å². The van der Waals surface area contributed by atoms with Gasteiger partial charge in [-0.1, -0.05) is 53.1 Å². The van der Waals surface area contributed by atoms with Crippen LogP contribution >= 0.6 is 0 Å². The molecule has 0 saturated carbocycles. The van der Waals surface area contributed by atoms with Crippen LogP contribution in [0.2, 0.25) is 0 Å². The van der Waals surface area contributed by atoms with E-state index in [4.69, 9.17) is 4.99 Å². The number of aliphatic imine (C=N–C) groups is 1. The summed E-state index contributed by atoms with van der Waals surface area (Å²) in [6, 6.07) is 14.7. The molecule has 5 rings (SSSR count). The van der Waals surface area contributed by atoms with Crippen molar-refractivity contribution in [2.75, 3.05) is 0 Å². The van der Waals surface area contributed by atoms with E-state index in [2.05, 4.69) is 90.9 Å². The van der Waals surface area contributed by atoms with Crippen LogP contribution in [0.3, 0.4) is 0 Å². The van der Waals surface area contributed by atoms with Crippen LogP contribution in [0, 0.1) is 69.2 Å². The monoisotopic (exact) mass is 574 g/mol. The molecular weight excluding hydrogens is 533 g/mol. The van der Waals surface area contributed by atoms with Crippen LogP contribution in [0.5, 0.6) is 0 Å². The van der Waals surface area contributed by atoms with Crippen molar-refractivity contribution < 1.29 is 8.63 Å². The summed E-state index contributed by atoms with van der Waals surface area (Å²) in [6.45, 7) is 22.6. The highest BCUT2D eigenvalue weighted by Crippen LogP contribution is 2.42. The molecule has 0 N–H and O–H groups in total. The minimum Gasteiger partial charge on any atom is -0.324 e. The minimum absolute atomic E-state index is 0.485. The number of rotatable bonds is 5. The summed E-state index contributed by atoms with van der Waals surface area (Å²) < 4.78 is 32.1. The van der Waals surface area contributed by atoms with Crippen molar-refractivity contribution in [3.05, 3.63) is 132 Å². The highest BCUT2D eigenvalue weighted by atomic mass is 19.2. The SMILES string of the molecule is CC1=C/C(=C(\c2c(C)cc(C)cc2C)c2cc(C)c(-c3c(C)cc(C)cc3C)n2B(F)F)N=C1c1c(C)cc(C)cc1C. The maximum atomic E-state index is 15.4. The lowest BCUT2D eigenvalue weighted by Gasteiger charge is -2.20. The molecule has 1 aromatic heterocycles. The molecule has 1 aliphatic rings. The Labute approximate surface area is 256 Å². The largest absolute Gasteiger partial charge is 0.678 e. The molecule has 0 amide bonds. The fourth-order valence-corrected chi connectivity index (χ4v) is 7.33. The third-order valence-electron chi connectivity index (χ3n) is 8.65. The summed E-state index contributed by atoms with van der Waals surface area (Å²) in [6.07, 6.45) is 2.07. The van der Waals surface area contributed by atoms with Gasteiger partial charge in [-0.25, -0.2) is 4.99 Å². The van der Waals surface area contributed by atoms with E-state index in [1.54, 1.807) is 0 Å². The maximum absolute atomic E-state index is 15.4. The van der Waals surface area contributed by atoms with Gasteiger partial charge in [-0.05, 0) is 138 Å². The van der Waals surface area contributed by atoms with Gasteiger partial charge in [-0.15, -0.1) is 0 Å². The Bertz CT molecular complexity index is 1830. The molecule has 0 spiro atoms. The number of hydrogen-bond donors (Lipinski definition) is 0. The van der Waals surface area contributed by atoms with Gasteiger partial charge < -0.3 is 4.48 Å². The second-order valence-electron chi connectivity index (χ2n) is 12.6. The van der Waals surface area contributed by atoms with E-state index >= 15 is 8.63 Å². The number of hydrogen-bond acceptors (Lipinski definition) is 1. The molecule has 220 valence electrons. The van der Waals surface area contributed by atoms with Gasteiger partial charge in [0, 0.05) is 28.1 Å². The van der Waals surface area contributed by atoms with Crippen molar-refractivity contribution >= 4 is 18.7 Å². The molecule has 0 saturated heterocycles. The Morgan fingerprint density at radius 3 is 1.49 bits per heavy atom. The van der Waals surface area contributed by atoms with Gasteiger partial charge in [0.25, 0.3) is 0 Å². The van der Waals surface area contributed by atoms with Crippen LogP contribution in [-0.2, 0) is 0 Å². The van der Waals surface area contributed by atoms with Crippen molar-refractivity contribution in [2.24, 2.45) is 4.99 Å². The van der Waals surface area contributed by atoms with Crippen LogP contribution in [0.1, 0.15) is 79.4 Å². The third-order valence-corrected chi connectivity index (χ3v) is 8.65. The lowest BCUT2D eigenvalue weighted by atomic mass is 9.89. The Morgan fingerprint density at radius 2 is 1.02 bits per heavy atom. The first kappa shape index (κ1) is 30.5. The normalized spacial score (nSPS) is 14.3. The number of nitrogens with zero attached hydrogens (tertiary/aromatic N) is 2. The van der Waals surface area contributed by atoms with Gasteiger partial charge in [-0.3, -0.25) is 8.63 Å². The van der Waals surface area contributed by atoms with Crippen molar-refractivity contribution in [3.8, 4) is 11.3 Å². The zero-order valence-electron chi connectivity index (χ0n) is 27.3. The number of benzene rings is 3. The highest BCUT2D eigenvalue weighted by molar-refractivity contribution is 6.42. The molecule has 43 heavy (non-hydrogen) atoms. The molecule has 0 bridgehead atoms. The quantitative estimate of drug-likeness (QED) is 0.211. The van der Waals surface area contributed by atoms with E-state index in [-0.39, 0.29) is 0 Å². The van der Waals surface area contributed by atoms with E-state index in [9.17, 15) is 0 Å². The van der Waals surface area contributed by atoms with Gasteiger partial charge in [0.05, 0.1) is 11.4 Å². The van der Waals surface area contributed by atoms with Crippen LogP contribution < -0.4 is 0 Å². The summed E-state index contributed by atoms with van der Waals surface area (Å²) in [5.41, 5.74) is 18.0. The molecule has 1 aliphatic heterocycles. The molecule has 3 aromatic carbocycles. The van der Waals surface area contributed by atoms with Crippen LogP contribution in [0.25, 0.3) is 16.8 Å². The van der Waals surface area contributed by atoms with Crippen LogP contribution in [0.15, 0.2) is 64.8 Å². The molecule has 0 fully saturated rings. The molecule has 0 unspecified atom stereocenters. The number of allylic oxidation sites excluding steroid dienone is 2. The summed E-state index contributed by atoms with van der Waals surface area (Å²) in [5.74, 6) is 0. The van der Waals surface area contributed by atoms with Gasteiger partial charge in [-0.2, -0.15) is 0 Å². The number of aromatic nitrogens is 1. The number of aryl methyl sites for hydroxylation is 10. The average molecular weight is 575 g/mol. The maximum Gasteiger partial charge on any atom is 0.678 e.